The number of rotatable bonds is 1. The molecule has 0 fully saturated rings. The highest BCUT2D eigenvalue weighted by Gasteiger charge is 2.06. The van der Waals surface area contributed by atoms with Gasteiger partial charge in [-0.2, -0.15) is 0 Å². The molecule has 0 amide bonds. The van der Waals surface area contributed by atoms with E-state index in [4.69, 9.17) is 5.11 Å². The molecule has 0 bridgehead atoms. The van der Waals surface area contributed by atoms with Crippen molar-refractivity contribution in [3.8, 4) is 11.8 Å². The Bertz CT molecular complexity index is 306. The van der Waals surface area contributed by atoms with Gasteiger partial charge in [0.05, 0.1) is 5.51 Å². The van der Waals surface area contributed by atoms with Gasteiger partial charge in [0, 0.05) is 4.88 Å². The molecule has 64 valence electrons. The van der Waals surface area contributed by atoms with E-state index in [0.717, 1.165) is 5.69 Å². The molecule has 1 aromatic heterocycles. The summed E-state index contributed by atoms with van der Waals surface area (Å²) in [6, 6.07) is 0. The lowest BCUT2D eigenvalue weighted by Gasteiger charge is -1.98. The fourth-order valence-corrected chi connectivity index (χ4v) is 1.64. The molecule has 0 aliphatic rings. The molecule has 1 rings (SSSR count). The van der Waals surface area contributed by atoms with E-state index < -0.39 is 0 Å². The zero-order valence-corrected chi connectivity index (χ0v) is 7.98. The van der Waals surface area contributed by atoms with Gasteiger partial charge < -0.3 is 5.11 Å². The minimum atomic E-state index is -0.102. The molecule has 0 atom stereocenters. The second kappa shape index (κ2) is 4.24. The van der Waals surface area contributed by atoms with E-state index in [1.54, 1.807) is 16.8 Å². The first-order chi connectivity index (χ1) is 5.75. The van der Waals surface area contributed by atoms with Crippen LogP contribution in [-0.4, -0.2) is 16.7 Å². The third-order valence-electron chi connectivity index (χ3n) is 1.41. The number of hydrogen-bond acceptors (Lipinski definition) is 3. The van der Waals surface area contributed by atoms with Crippen LogP contribution in [0.2, 0.25) is 0 Å². The number of aromatic nitrogens is 1. The maximum atomic E-state index is 8.50. The average molecular weight is 181 g/mol. The lowest BCUT2D eigenvalue weighted by atomic mass is 10.1. The molecule has 3 heteroatoms. The van der Waals surface area contributed by atoms with E-state index >= 15 is 0 Å². The first kappa shape index (κ1) is 9.24. The van der Waals surface area contributed by atoms with Gasteiger partial charge in [0.15, 0.2) is 0 Å². The lowest BCUT2D eigenvalue weighted by Crippen LogP contribution is -1.87. The Hall–Kier alpha value is -0.850. The van der Waals surface area contributed by atoms with Crippen molar-refractivity contribution in [3.63, 3.8) is 0 Å². The van der Waals surface area contributed by atoms with Gasteiger partial charge in [-0.15, -0.1) is 11.3 Å². The average Bonchev–Trinajstić information content (AvgIpc) is 2.48. The van der Waals surface area contributed by atoms with Crippen LogP contribution in [0, 0.1) is 11.8 Å². The maximum Gasteiger partial charge on any atom is 0.127 e. The van der Waals surface area contributed by atoms with Crippen molar-refractivity contribution in [1.82, 2.24) is 4.98 Å². The van der Waals surface area contributed by atoms with Crippen LogP contribution < -0.4 is 0 Å². The summed E-state index contributed by atoms with van der Waals surface area (Å²) >= 11 is 1.61. The minimum absolute atomic E-state index is 0.102. The molecular formula is C9H11NOS. The summed E-state index contributed by atoms with van der Waals surface area (Å²) in [5, 5.41) is 8.50. The van der Waals surface area contributed by atoms with Gasteiger partial charge in [0.1, 0.15) is 12.3 Å². The highest BCUT2D eigenvalue weighted by atomic mass is 32.1. The highest BCUT2D eigenvalue weighted by Crippen LogP contribution is 2.22. The quantitative estimate of drug-likeness (QED) is 0.668. The molecule has 1 N–H and O–H groups in total. The van der Waals surface area contributed by atoms with Crippen LogP contribution in [0.5, 0.6) is 0 Å². The molecule has 0 saturated carbocycles. The predicted octanol–water partition coefficient (Wildman–Crippen LogP) is 1.61. The second-order valence-electron chi connectivity index (χ2n) is 2.68. The van der Waals surface area contributed by atoms with Crippen LogP contribution in [0.4, 0.5) is 0 Å². The van der Waals surface area contributed by atoms with Crippen LogP contribution >= 0.6 is 11.3 Å². The van der Waals surface area contributed by atoms with Gasteiger partial charge in [0.2, 0.25) is 0 Å². The largest absolute Gasteiger partial charge is 0.384 e. The normalized spacial score (nSPS) is 9.67. The Morgan fingerprint density at radius 3 is 3.00 bits per heavy atom. The van der Waals surface area contributed by atoms with Crippen molar-refractivity contribution in [1.29, 1.82) is 0 Å². The summed E-state index contributed by atoms with van der Waals surface area (Å²) in [7, 11) is 0. The minimum Gasteiger partial charge on any atom is -0.384 e. The number of hydrogen-bond donors (Lipinski definition) is 1. The van der Waals surface area contributed by atoms with E-state index in [2.05, 4.69) is 30.7 Å². The standard InChI is InChI=1S/C9H11NOS/c1-7(2)9-8(4-3-5-11)10-6-12-9/h6-7,11H,5H2,1-2H3. The van der Waals surface area contributed by atoms with Crippen molar-refractivity contribution in [2.45, 2.75) is 19.8 Å². The molecule has 0 spiro atoms. The topological polar surface area (TPSA) is 33.1 Å². The van der Waals surface area contributed by atoms with Crippen molar-refractivity contribution in [3.05, 3.63) is 16.1 Å². The third kappa shape index (κ3) is 2.07. The molecule has 0 aliphatic carbocycles. The SMILES string of the molecule is CC(C)c1scnc1C#CCO. The molecule has 0 radical (unpaired) electrons. The molecule has 0 unspecified atom stereocenters. The highest BCUT2D eigenvalue weighted by molar-refractivity contribution is 7.09. The van der Waals surface area contributed by atoms with E-state index in [0.29, 0.717) is 5.92 Å². The molecule has 1 aromatic rings. The van der Waals surface area contributed by atoms with Crippen LogP contribution in [0.3, 0.4) is 0 Å². The lowest BCUT2D eigenvalue weighted by molar-refractivity contribution is 0.350. The number of aliphatic hydroxyl groups excluding tert-OH is 1. The smallest absolute Gasteiger partial charge is 0.127 e. The van der Waals surface area contributed by atoms with Crippen molar-refractivity contribution in [2.24, 2.45) is 0 Å². The van der Waals surface area contributed by atoms with Gasteiger partial charge in [-0.25, -0.2) is 4.98 Å². The van der Waals surface area contributed by atoms with E-state index in [1.807, 2.05) is 0 Å². The van der Waals surface area contributed by atoms with E-state index in [1.165, 1.54) is 4.88 Å². The molecule has 2 nitrogen and oxygen atoms in total. The fourth-order valence-electron chi connectivity index (χ4n) is 0.882. The summed E-state index contributed by atoms with van der Waals surface area (Å²) < 4.78 is 0. The zero-order chi connectivity index (χ0) is 8.97. The van der Waals surface area contributed by atoms with E-state index in [-0.39, 0.29) is 6.61 Å². The molecule has 12 heavy (non-hydrogen) atoms. The Morgan fingerprint density at radius 1 is 1.67 bits per heavy atom. The summed E-state index contributed by atoms with van der Waals surface area (Å²) in [4.78, 5) is 5.30. The molecule has 0 aromatic carbocycles. The van der Waals surface area contributed by atoms with Gasteiger partial charge >= 0.3 is 0 Å². The Morgan fingerprint density at radius 2 is 2.42 bits per heavy atom. The van der Waals surface area contributed by atoms with Crippen LogP contribution in [-0.2, 0) is 0 Å². The number of nitrogens with zero attached hydrogens (tertiary/aromatic N) is 1. The molecule has 0 saturated heterocycles. The first-order valence-corrected chi connectivity index (χ1v) is 4.66. The zero-order valence-electron chi connectivity index (χ0n) is 7.16. The monoisotopic (exact) mass is 181 g/mol. The van der Waals surface area contributed by atoms with Gasteiger partial charge in [-0.05, 0) is 11.8 Å². The maximum absolute atomic E-state index is 8.50. The number of thiazole rings is 1. The van der Waals surface area contributed by atoms with Gasteiger partial charge in [0.25, 0.3) is 0 Å². The Labute approximate surface area is 76.3 Å². The molecule has 0 aliphatic heterocycles. The van der Waals surface area contributed by atoms with Crippen molar-refractivity contribution in [2.75, 3.05) is 6.61 Å². The molecule has 1 heterocycles. The second-order valence-corrected chi connectivity index (χ2v) is 3.57. The Balaban J connectivity index is 2.91. The summed E-state index contributed by atoms with van der Waals surface area (Å²) in [6.07, 6.45) is 0. The summed E-state index contributed by atoms with van der Waals surface area (Å²) in [5.41, 5.74) is 2.60. The summed E-state index contributed by atoms with van der Waals surface area (Å²) in [5.74, 6) is 5.88. The number of aliphatic hydroxyl groups is 1. The van der Waals surface area contributed by atoms with Crippen LogP contribution in [0.1, 0.15) is 30.3 Å². The van der Waals surface area contributed by atoms with Gasteiger partial charge in [-0.1, -0.05) is 19.8 Å². The third-order valence-corrected chi connectivity index (χ3v) is 2.53. The molecular weight excluding hydrogens is 170 g/mol. The van der Waals surface area contributed by atoms with Crippen LogP contribution in [0.15, 0.2) is 5.51 Å². The fraction of sp³-hybridized carbons (Fsp3) is 0.444. The van der Waals surface area contributed by atoms with Crippen molar-refractivity contribution >= 4 is 11.3 Å². The van der Waals surface area contributed by atoms with E-state index in [9.17, 15) is 0 Å². The van der Waals surface area contributed by atoms with Gasteiger partial charge in [-0.3, -0.25) is 0 Å². The van der Waals surface area contributed by atoms with Crippen molar-refractivity contribution < 1.29 is 5.11 Å². The Kier molecular flexibility index (Phi) is 3.27. The van der Waals surface area contributed by atoms with Crippen LogP contribution in [0.25, 0.3) is 0 Å². The predicted molar refractivity (Wildman–Crippen MR) is 50.2 cm³/mol. The first-order valence-electron chi connectivity index (χ1n) is 3.78. The summed E-state index contributed by atoms with van der Waals surface area (Å²) in [6.45, 7) is 4.12.